The Morgan fingerprint density at radius 3 is 2.70 bits per heavy atom. The molecule has 1 aliphatic heterocycles. The molecule has 0 aliphatic carbocycles. The first-order valence-corrected chi connectivity index (χ1v) is 7.47. The quantitative estimate of drug-likeness (QED) is 0.946. The Labute approximate surface area is 133 Å². The molecule has 1 atom stereocenters. The van der Waals surface area contributed by atoms with E-state index in [-0.39, 0.29) is 23.9 Å². The molecule has 0 radical (unpaired) electrons. The maximum Gasteiger partial charge on any atom is 0.229 e. The van der Waals surface area contributed by atoms with Crippen LogP contribution in [-0.2, 0) is 9.59 Å². The van der Waals surface area contributed by atoms with Gasteiger partial charge in [0.25, 0.3) is 0 Å². The lowest BCUT2D eigenvalue weighted by molar-refractivity contribution is -0.122. The van der Waals surface area contributed by atoms with Crippen LogP contribution >= 0.6 is 0 Å². The minimum atomic E-state index is -0.484. The van der Waals surface area contributed by atoms with E-state index < -0.39 is 11.7 Å². The van der Waals surface area contributed by atoms with Gasteiger partial charge in [-0.25, -0.2) is 4.39 Å². The third-order valence-corrected chi connectivity index (χ3v) is 3.94. The van der Waals surface area contributed by atoms with Crippen molar-refractivity contribution in [1.29, 1.82) is 0 Å². The standard InChI is InChI=1S/C18H17FN2O2/c1-12-7-8-15(19)16(9-12)20-18(23)13-10-17(22)21(11-13)14-5-3-2-4-6-14/h2-9,13H,10-11H2,1H3,(H,20,23)/t13-/m0/s1. The number of nitrogens with zero attached hydrogens (tertiary/aromatic N) is 1. The molecule has 1 aliphatic rings. The van der Waals surface area contributed by atoms with Gasteiger partial charge in [0.05, 0.1) is 11.6 Å². The summed E-state index contributed by atoms with van der Waals surface area (Å²) in [6.45, 7) is 2.13. The topological polar surface area (TPSA) is 49.4 Å². The molecule has 2 aromatic carbocycles. The van der Waals surface area contributed by atoms with Crippen molar-refractivity contribution in [2.45, 2.75) is 13.3 Å². The first kappa shape index (κ1) is 15.2. The zero-order chi connectivity index (χ0) is 16.4. The summed E-state index contributed by atoms with van der Waals surface area (Å²) in [7, 11) is 0. The number of hydrogen-bond donors (Lipinski definition) is 1. The highest BCUT2D eigenvalue weighted by molar-refractivity contribution is 6.03. The van der Waals surface area contributed by atoms with E-state index in [2.05, 4.69) is 5.32 Å². The maximum absolute atomic E-state index is 13.7. The average molecular weight is 312 g/mol. The fourth-order valence-electron chi connectivity index (χ4n) is 2.71. The molecule has 1 saturated heterocycles. The molecule has 1 heterocycles. The number of carbonyl (C=O) groups is 2. The fraction of sp³-hybridized carbons (Fsp3) is 0.222. The maximum atomic E-state index is 13.7. The summed E-state index contributed by atoms with van der Waals surface area (Å²) in [6.07, 6.45) is 0.133. The Kier molecular flexibility index (Phi) is 4.10. The highest BCUT2D eigenvalue weighted by Gasteiger charge is 2.35. The monoisotopic (exact) mass is 312 g/mol. The fourth-order valence-corrected chi connectivity index (χ4v) is 2.71. The van der Waals surface area contributed by atoms with Gasteiger partial charge in [0.1, 0.15) is 5.82 Å². The van der Waals surface area contributed by atoms with Crippen molar-refractivity contribution in [1.82, 2.24) is 0 Å². The minimum Gasteiger partial charge on any atom is -0.323 e. The Hall–Kier alpha value is -2.69. The van der Waals surface area contributed by atoms with Gasteiger partial charge >= 0.3 is 0 Å². The molecule has 0 spiro atoms. The Bertz CT molecular complexity index is 746. The zero-order valence-corrected chi connectivity index (χ0v) is 12.8. The van der Waals surface area contributed by atoms with Crippen molar-refractivity contribution < 1.29 is 14.0 Å². The highest BCUT2D eigenvalue weighted by atomic mass is 19.1. The minimum absolute atomic E-state index is 0.0962. The van der Waals surface area contributed by atoms with Crippen molar-refractivity contribution in [2.24, 2.45) is 5.92 Å². The predicted molar refractivity (Wildman–Crippen MR) is 86.7 cm³/mol. The van der Waals surface area contributed by atoms with Crippen LogP contribution in [0.4, 0.5) is 15.8 Å². The number of rotatable bonds is 3. The summed E-state index contributed by atoms with van der Waals surface area (Å²) in [6, 6.07) is 13.8. The zero-order valence-electron chi connectivity index (χ0n) is 12.8. The first-order valence-electron chi connectivity index (χ1n) is 7.47. The van der Waals surface area contributed by atoms with E-state index in [0.717, 1.165) is 11.3 Å². The van der Waals surface area contributed by atoms with E-state index in [1.807, 2.05) is 37.3 Å². The van der Waals surface area contributed by atoms with E-state index in [9.17, 15) is 14.0 Å². The van der Waals surface area contributed by atoms with Gasteiger partial charge in [-0.2, -0.15) is 0 Å². The van der Waals surface area contributed by atoms with Crippen LogP contribution in [0.5, 0.6) is 0 Å². The average Bonchev–Trinajstić information content (AvgIpc) is 2.94. The van der Waals surface area contributed by atoms with Crippen LogP contribution in [0.1, 0.15) is 12.0 Å². The van der Waals surface area contributed by atoms with Crippen LogP contribution in [0.25, 0.3) is 0 Å². The van der Waals surface area contributed by atoms with E-state index in [1.54, 1.807) is 17.0 Å². The van der Waals surface area contributed by atoms with Gasteiger partial charge in [0.15, 0.2) is 0 Å². The normalized spacial score (nSPS) is 17.4. The largest absolute Gasteiger partial charge is 0.323 e. The number of nitrogens with one attached hydrogen (secondary N) is 1. The SMILES string of the molecule is Cc1ccc(F)c(NC(=O)[C@H]2CC(=O)N(c3ccccc3)C2)c1. The number of benzene rings is 2. The molecular weight excluding hydrogens is 295 g/mol. The van der Waals surface area contributed by atoms with Crippen molar-refractivity contribution in [3.05, 3.63) is 59.9 Å². The van der Waals surface area contributed by atoms with Crippen LogP contribution in [0.3, 0.4) is 0 Å². The molecule has 0 bridgehead atoms. The summed E-state index contributed by atoms with van der Waals surface area (Å²) < 4.78 is 13.7. The van der Waals surface area contributed by atoms with Crippen molar-refractivity contribution >= 4 is 23.2 Å². The van der Waals surface area contributed by atoms with Gasteiger partial charge in [-0.15, -0.1) is 0 Å². The van der Waals surface area contributed by atoms with E-state index in [1.165, 1.54) is 6.07 Å². The molecule has 2 amide bonds. The lowest BCUT2D eigenvalue weighted by Crippen LogP contribution is -2.28. The van der Waals surface area contributed by atoms with Gasteiger partial charge in [-0.05, 0) is 36.8 Å². The Morgan fingerprint density at radius 1 is 1.22 bits per heavy atom. The van der Waals surface area contributed by atoms with Crippen molar-refractivity contribution in [3.8, 4) is 0 Å². The van der Waals surface area contributed by atoms with Crippen LogP contribution < -0.4 is 10.2 Å². The van der Waals surface area contributed by atoms with E-state index in [4.69, 9.17) is 0 Å². The molecule has 118 valence electrons. The summed E-state index contributed by atoms with van der Waals surface area (Å²) in [5, 5.41) is 2.59. The molecule has 0 aromatic heterocycles. The van der Waals surface area contributed by atoms with E-state index >= 15 is 0 Å². The lowest BCUT2D eigenvalue weighted by atomic mass is 10.1. The Balaban J connectivity index is 1.72. The molecular formula is C18H17FN2O2. The summed E-state index contributed by atoms with van der Waals surface area (Å²) in [4.78, 5) is 26.1. The summed E-state index contributed by atoms with van der Waals surface area (Å²) in [5.74, 6) is -1.39. The lowest BCUT2D eigenvalue weighted by Gasteiger charge is -2.16. The van der Waals surface area contributed by atoms with E-state index in [0.29, 0.717) is 6.54 Å². The first-order chi connectivity index (χ1) is 11.0. The molecule has 0 unspecified atom stereocenters. The molecule has 3 rings (SSSR count). The van der Waals surface area contributed by atoms with Crippen molar-refractivity contribution in [2.75, 3.05) is 16.8 Å². The predicted octanol–water partition coefficient (Wildman–Crippen LogP) is 3.13. The number of hydrogen-bond acceptors (Lipinski definition) is 2. The second-order valence-corrected chi connectivity index (χ2v) is 5.71. The second kappa shape index (κ2) is 6.20. The van der Waals surface area contributed by atoms with Gasteiger partial charge < -0.3 is 10.2 Å². The van der Waals surface area contributed by atoms with Gasteiger partial charge in [0.2, 0.25) is 11.8 Å². The molecule has 5 heteroatoms. The van der Waals surface area contributed by atoms with Gasteiger partial charge in [-0.3, -0.25) is 9.59 Å². The number of anilines is 2. The van der Waals surface area contributed by atoms with Crippen LogP contribution in [-0.4, -0.2) is 18.4 Å². The number of carbonyl (C=O) groups excluding carboxylic acids is 2. The molecule has 1 N–H and O–H groups in total. The smallest absolute Gasteiger partial charge is 0.229 e. The molecule has 1 fully saturated rings. The van der Waals surface area contributed by atoms with Crippen LogP contribution in [0, 0.1) is 18.7 Å². The summed E-state index contributed by atoms with van der Waals surface area (Å²) >= 11 is 0. The molecule has 4 nitrogen and oxygen atoms in total. The number of para-hydroxylation sites is 1. The summed E-state index contributed by atoms with van der Waals surface area (Å²) in [5.41, 5.74) is 1.78. The Morgan fingerprint density at radius 2 is 1.96 bits per heavy atom. The second-order valence-electron chi connectivity index (χ2n) is 5.71. The van der Waals surface area contributed by atoms with Crippen molar-refractivity contribution in [3.63, 3.8) is 0 Å². The molecule has 23 heavy (non-hydrogen) atoms. The van der Waals surface area contributed by atoms with Gasteiger partial charge in [0, 0.05) is 18.7 Å². The van der Waals surface area contributed by atoms with Gasteiger partial charge in [-0.1, -0.05) is 24.3 Å². The molecule has 2 aromatic rings. The third-order valence-electron chi connectivity index (χ3n) is 3.94. The number of amides is 2. The molecule has 0 saturated carbocycles. The van der Waals surface area contributed by atoms with Crippen LogP contribution in [0.15, 0.2) is 48.5 Å². The number of aryl methyl sites for hydroxylation is 1. The number of halogens is 1. The van der Waals surface area contributed by atoms with Crippen LogP contribution in [0.2, 0.25) is 0 Å². The third kappa shape index (κ3) is 3.23. The highest BCUT2D eigenvalue weighted by Crippen LogP contribution is 2.26.